The average Bonchev–Trinajstić information content (AvgIpc) is 3.28. The maximum atomic E-state index is 12.6. The fourth-order valence-electron chi connectivity index (χ4n) is 3.15. The molecule has 1 fully saturated rings. The first-order chi connectivity index (χ1) is 16.4. The van der Waals surface area contributed by atoms with Gasteiger partial charge in [-0.3, -0.25) is 4.79 Å². The number of hydrogen-bond donors (Lipinski definition) is 2. The Morgan fingerprint density at radius 2 is 1.86 bits per heavy atom. The first-order valence-electron chi connectivity index (χ1n) is 11.0. The molecule has 194 valence electrons. The zero-order chi connectivity index (χ0) is 26.2. The van der Waals surface area contributed by atoms with Gasteiger partial charge in [0, 0.05) is 24.7 Å². The Labute approximate surface area is 201 Å². The fourth-order valence-corrected chi connectivity index (χ4v) is 3.15. The first kappa shape index (κ1) is 28.0. The van der Waals surface area contributed by atoms with Crippen molar-refractivity contribution >= 4 is 11.9 Å². The van der Waals surface area contributed by atoms with Crippen LogP contribution in [0.4, 0.5) is 13.2 Å². The van der Waals surface area contributed by atoms with Crippen LogP contribution in [-0.2, 0) is 11.3 Å². The number of benzene rings is 1. The molecule has 1 aliphatic heterocycles. The molecule has 2 N–H and O–H groups in total. The van der Waals surface area contributed by atoms with Crippen molar-refractivity contribution < 1.29 is 41.9 Å². The summed E-state index contributed by atoms with van der Waals surface area (Å²) in [4.78, 5) is 23.8. The molecule has 0 bridgehead atoms. The predicted octanol–water partition coefficient (Wildman–Crippen LogP) is 3.84. The Morgan fingerprint density at radius 1 is 1.23 bits per heavy atom. The zero-order valence-electron chi connectivity index (χ0n) is 20.0. The van der Waals surface area contributed by atoms with Gasteiger partial charge in [0.15, 0.2) is 17.3 Å². The molecule has 1 aromatic carbocycles. The van der Waals surface area contributed by atoms with Crippen molar-refractivity contribution in [3.8, 4) is 11.5 Å². The molecule has 0 radical (unpaired) electrons. The van der Waals surface area contributed by atoms with Gasteiger partial charge in [0.05, 0.1) is 19.3 Å². The Hall–Kier alpha value is -3.28. The summed E-state index contributed by atoms with van der Waals surface area (Å²) in [7, 11) is 3.72. The molecule has 12 heteroatoms. The lowest BCUT2D eigenvalue weighted by atomic mass is 10.1. The maximum absolute atomic E-state index is 12.6. The van der Waals surface area contributed by atoms with Gasteiger partial charge in [-0.15, -0.1) is 0 Å². The number of aromatic nitrogens is 1. The molecule has 0 saturated carbocycles. The fraction of sp³-hybridized carbons (Fsp3) is 0.522. The number of carboxylic acid groups (broad SMARTS) is 1. The van der Waals surface area contributed by atoms with Gasteiger partial charge in [0.2, 0.25) is 0 Å². The van der Waals surface area contributed by atoms with Crippen LogP contribution < -0.4 is 14.8 Å². The maximum Gasteiger partial charge on any atom is 0.490 e. The number of hydrogen-bond acceptors (Lipinski definition) is 7. The van der Waals surface area contributed by atoms with Crippen molar-refractivity contribution in [3.05, 3.63) is 41.3 Å². The number of carbonyl (C=O) groups excluding carboxylic acids is 1. The van der Waals surface area contributed by atoms with Crippen molar-refractivity contribution in [1.29, 1.82) is 0 Å². The Balaban J connectivity index is 0.000000540. The number of ether oxygens (including phenoxy) is 2. The van der Waals surface area contributed by atoms with Crippen LogP contribution in [0.2, 0.25) is 0 Å². The van der Waals surface area contributed by atoms with Crippen LogP contribution in [0.25, 0.3) is 0 Å². The monoisotopic (exact) mass is 501 g/mol. The first-order valence-corrected chi connectivity index (χ1v) is 11.0. The minimum atomic E-state index is -5.08. The Bertz CT molecular complexity index is 985. The lowest BCUT2D eigenvalue weighted by Crippen LogP contribution is -2.35. The molecule has 35 heavy (non-hydrogen) atoms. The second kappa shape index (κ2) is 12.4. The molecule has 9 nitrogen and oxygen atoms in total. The van der Waals surface area contributed by atoms with Crippen molar-refractivity contribution in [3.63, 3.8) is 0 Å². The molecule has 1 saturated heterocycles. The molecule has 2 heterocycles. The van der Waals surface area contributed by atoms with Crippen molar-refractivity contribution in [2.45, 2.75) is 51.4 Å². The van der Waals surface area contributed by atoms with E-state index in [4.69, 9.17) is 23.9 Å². The van der Waals surface area contributed by atoms with Crippen LogP contribution in [0.5, 0.6) is 11.5 Å². The van der Waals surface area contributed by atoms with Gasteiger partial charge >= 0.3 is 12.1 Å². The number of nitrogens with zero attached hydrogens (tertiary/aromatic N) is 2. The third kappa shape index (κ3) is 8.78. The summed E-state index contributed by atoms with van der Waals surface area (Å²) in [5, 5.41) is 14.0. The number of carboxylic acids is 1. The summed E-state index contributed by atoms with van der Waals surface area (Å²) >= 11 is 0. The second-order valence-corrected chi connectivity index (χ2v) is 8.34. The van der Waals surface area contributed by atoms with Crippen molar-refractivity contribution in [1.82, 2.24) is 15.4 Å². The van der Waals surface area contributed by atoms with E-state index in [1.54, 1.807) is 25.3 Å². The minimum absolute atomic E-state index is 0.132. The van der Waals surface area contributed by atoms with E-state index in [1.807, 2.05) is 19.9 Å². The molecule has 0 atom stereocenters. The normalized spacial score (nSPS) is 14.7. The number of alkyl halides is 3. The lowest BCUT2D eigenvalue weighted by molar-refractivity contribution is -0.192. The molecule has 2 aromatic rings. The van der Waals surface area contributed by atoms with Crippen molar-refractivity contribution in [2.24, 2.45) is 0 Å². The van der Waals surface area contributed by atoms with Gasteiger partial charge in [-0.25, -0.2) is 4.79 Å². The molecular weight excluding hydrogens is 471 g/mol. The largest absolute Gasteiger partial charge is 0.493 e. The quantitative estimate of drug-likeness (QED) is 0.588. The Kier molecular flexibility index (Phi) is 9.93. The highest BCUT2D eigenvalue weighted by atomic mass is 19.4. The van der Waals surface area contributed by atoms with E-state index < -0.39 is 12.1 Å². The summed E-state index contributed by atoms with van der Waals surface area (Å²) in [6.07, 6.45) is -3.04. The smallest absolute Gasteiger partial charge is 0.490 e. The van der Waals surface area contributed by atoms with E-state index >= 15 is 0 Å². The number of carbonyl (C=O) groups is 2. The van der Waals surface area contributed by atoms with Crippen LogP contribution >= 0.6 is 0 Å². The van der Waals surface area contributed by atoms with Gasteiger partial charge in [0.1, 0.15) is 6.10 Å². The van der Waals surface area contributed by atoms with Gasteiger partial charge in [-0.1, -0.05) is 19.0 Å². The summed E-state index contributed by atoms with van der Waals surface area (Å²) in [6, 6.07) is 7.11. The number of halogens is 3. The van der Waals surface area contributed by atoms with Crippen LogP contribution in [0.1, 0.15) is 54.4 Å². The van der Waals surface area contributed by atoms with Crippen LogP contribution in [-0.4, -0.2) is 66.6 Å². The standard InChI is InChI=1S/C21H29N3O4.C2HF3O2/c1-14(2)18-12-17(28-23-18)13-22-21(25)15-5-6-19(26-4)20(11-15)27-16-7-9-24(3)10-8-16;3-2(4,5)1(6)7/h5-6,11-12,14,16H,7-10,13H2,1-4H3,(H,22,25);(H,6,7). The van der Waals surface area contributed by atoms with E-state index in [0.29, 0.717) is 22.8 Å². The topological polar surface area (TPSA) is 114 Å². The molecule has 1 aromatic heterocycles. The van der Waals surface area contributed by atoms with Crippen molar-refractivity contribution in [2.75, 3.05) is 27.2 Å². The average molecular weight is 502 g/mol. The number of rotatable bonds is 7. The lowest BCUT2D eigenvalue weighted by Gasteiger charge is -2.29. The Morgan fingerprint density at radius 3 is 2.37 bits per heavy atom. The zero-order valence-corrected chi connectivity index (χ0v) is 20.0. The summed E-state index contributed by atoms with van der Waals surface area (Å²) < 4.78 is 48.6. The number of aliphatic carboxylic acids is 1. The summed E-state index contributed by atoms with van der Waals surface area (Å²) in [5.74, 6) is -0.799. The number of methoxy groups -OCH3 is 1. The highest BCUT2D eigenvalue weighted by Gasteiger charge is 2.38. The van der Waals surface area contributed by atoms with Gasteiger partial charge < -0.3 is 29.3 Å². The molecule has 1 aliphatic rings. The molecule has 1 amide bonds. The third-order valence-electron chi connectivity index (χ3n) is 5.22. The van der Waals surface area contributed by atoms with E-state index in [-0.39, 0.29) is 24.5 Å². The van der Waals surface area contributed by atoms with Gasteiger partial charge in [-0.05, 0) is 44.0 Å². The minimum Gasteiger partial charge on any atom is -0.493 e. The molecule has 0 spiro atoms. The number of likely N-dealkylation sites (tertiary alicyclic amines) is 1. The van der Waals surface area contributed by atoms with E-state index in [0.717, 1.165) is 31.6 Å². The number of nitrogens with one attached hydrogen (secondary N) is 1. The van der Waals surface area contributed by atoms with E-state index in [1.165, 1.54) is 0 Å². The van der Waals surface area contributed by atoms with Gasteiger partial charge in [-0.2, -0.15) is 13.2 Å². The SMILES string of the molecule is COc1ccc(C(=O)NCc2cc(C(C)C)no2)cc1OC1CCN(C)CC1.O=C(O)C(F)(F)F. The summed E-state index contributed by atoms with van der Waals surface area (Å²) in [6.45, 7) is 6.38. The molecule has 3 rings (SSSR count). The highest BCUT2D eigenvalue weighted by molar-refractivity contribution is 5.94. The van der Waals surface area contributed by atoms with Crippen LogP contribution in [0, 0.1) is 0 Å². The highest BCUT2D eigenvalue weighted by Crippen LogP contribution is 2.30. The second-order valence-electron chi connectivity index (χ2n) is 8.34. The molecule has 0 unspecified atom stereocenters. The molecule has 0 aliphatic carbocycles. The third-order valence-corrected chi connectivity index (χ3v) is 5.22. The van der Waals surface area contributed by atoms with Gasteiger partial charge in [0.25, 0.3) is 5.91 Å². The molecular formula is C23H30F3N3O6. The van der Waals surface area contributed by atoms with Crippen LogP contribution in [0.15, 0.2) is 28.8 Å². The predicted molar refractivity (Wildman–Crippen MR) is 120 cm³/mol. The van der Waals surface area contributed by atoms with E-state index in [9.17, 15) is 18.0 Å². The number of piperidine rings is 1. The van der Waals surface area contributed by atoms with E-state index in [2.05, 4.69) is 22.4 Å². The summed E-state index contributed by atoms with van der Waals surface area (Å²) in [5.41, 5.74) is 1.40. The number of amides is 1. The van der Waals surface area contributed by atoms with Crippen LogP contribution in [0.3, 0.4) is 0 Å².